The number of aliphatic hydroxyl groups is 1. The van der Waals surface area contributed by atoms with Crippen LogP contribution < -0.4 is 14.2 Å². The van der Waals surface area contributed by atoms with Gasteiger partial charge in [-0.1, -0.05) is 41.9 Å². The lowest BCUT2D eigenvalue weighted by Crippen LogP contribution is -2.45. The molecule has 0 radical (unpaired) electrons. The number of ether oxygens (including phenoxy) is 1. The van der Waals surface area contributed by atoms with E-state index < -0.39 is 5.72 Å². The third kappa shape index (κ3) is 2.91. The Morgan fingerprint density at radius 3 is 2.50 bits per heavy atom. The van der Waals surface area contributed by atoms with Crippen LogP contribution in [0.1, 0.15) is 11.1 Å². The van der Waals surface area contributed by atoms with Crippen LogP contribution in [-0.4, -0.2) is 12.2 Å². The molecule has 5 heteroatoms. The Morgan fingerprint density at radius 2 is 1.81 bits per heavy atom. The second-order valence-corrected chi connectivity index (χ2v) is 6.88. The molecule has 0 saturated carbocycles. The molecule has 1 aliphatic heterocycles. The zero-order valence-electron chi connectivity index (χ0n) is 14.5. The summed E-state index contributed by atoms with van der Waals surface area (Å²) in [5, 5.41) is 12.3. The smallest absolute Gasteiger partial charge is 0.279 e. The van der Waals surface area contributed by atoms with Gasteiger partial charge in [0.25, 0.3) is 11.5 Å². The summed E-state index contributed by atoms with van der Waals surface area (Å²) in [5.74, 6) is 1.79. The van der Waals surface area contributed by atoms with Crippen molar-refractivity contribution in [3.8, 4) is 5.75 Å². The zero-order valence-corrected chi connectivity index (χ0v) is 15.2. The maximum atomic E-state index is 11.6. The van der Waals surface area contributed by atoms with Crippen molar-refractivity contribution in [1.29, 1.82) is 0 Å². The molecule has 1 N–H and O–H groups in total. The molecule has 4 nitrogen and oxygen atoms in total. The Balaban J connectivity index is 1.74. The number of benzene rings is 2. The van der Waals surface area contributed by atoms with Crippen LogP contribution in [0.25, 0.3) is 0 Å². The van der Waals surface area contributed by atoms with Crippen LogP contribution in [0.4, 0.5) is 5.82 Å². The van der Waals surface area contributed by atoms with E-state index in [2.05, 4.69) is 4.57 Å². The summed E-state index contributed by atoms with van der Waals surface area (Å²) in [7, 11) is 1.65. The zero-order chi connectivity index (χ0) is 18.1. The number of nitrogens with zero attached hydrogens (tertiary/aromatic N) is 2. The normalized spacial score (nSPS) is 18.7. The maximum absolute atomic E-state index is 11.6. The molecule has 4 rings (SSSR count). The molecular formula is C21H20ClN2O2+. The van der Waals surface area contributed by atoms with Crippen molar-refractivity contribution < 1.29 is 14.4 Å². The number of methoxy groups -OCH3 is 1. The van der Waals surface area contributed by atoms with Gasteiger partial charge in [0.15, 0.2) is 6.54 Å². The van der Waals surface area contributed by atoms with E-state index in [4.69, 9.17) is 16.3 Å². The molecular weight excluding hydrogens is 348 g/mol. The second kappa shape index (κ2) is 6.63. The number of fused-ring (bicyclic) bond motifs is 1. The number of rotatable bonds is 4. The number of halogens is 1. The third-order valence-electron chi connectivity index (χ3n) is 4.84. The van der Waals surface area contributed by atoms with E-state index in [1.54, 1.807) is 7.11 Å². The van der Waals surface area contributed by atoms with Crippen molar-refractivity contribution >= 4 is 17.4 Å². The molecule has 0 fully saturated rings. The maximum Gasteiger partial charge on any atom is 0.279 e. The number of aromatic nitrogens is 1. The molecule has 1 aromatic heterocycles. The Kier molecular flexibility index (Phi) is 4.31. The topological polar surface area (TPSA) is 36.6 Å². The second-order valence-electron chi connectivity index (χ2n) is 6.44. The Bertz CT molecular complexity index is 912. The van der Waals surface area contributed by atoms with Gasteiger partial charge >= 0.3 is 0 Å². The highest BCUT2D eigenvalue weighted by Gasteiger charge is 2.51. The fraction of sp³-hybridized carbons (Fsp3) is 0.190. The fourth-order valence-electron chi connectivity index (χ4n) is 3.45. The molecule has 0 aliphatic carbocycles. The number of pyridine rings is 1. The molecule has 26 heavy (non-hydrogen) atoms. The van der Waals surface area contributed by atoms with Gasteiger partial charge in [-0.2, -0.15) is 0 Å². The summed E-state index contributed by atoms with van der Waals surface area (Å²) in [5.41, 5.74) is 0.772. The molecule has 0 saturated heterocycles. The fourth-order valence-corrected chi connectivity index (χ4v) is 3.57. The predicted octanol–water partition coefficient (Wildman–Crippen LogP) is 3.50. The molecule has 2 aromatic carbocycles. The summed E-state index contributed by atoms with van der Waals surface area (Å²) >= 11 is 6.04. The van der Waals surface area contributed by atoms with Gasteiger partial charge in [0, 0.05) is 16.7 Å². The first kappa shape index (κ1) is 16.9. The molecule has 132 valence electrons. The Hall–Kier alpha value is -2.56. The minimum atomic E-state index is -1.14. The molecule has 1 atom stereocenters. The largest absolute Gasteiger partial charge is 0.497 e. The van der Waals surface area contributed by atoms with Crippen LogP contribution in [0.2, 0.25) is 5.02 Å². The Morgan fingerprint density at radius 1 is 1.08 bits per heavy atom. The highest BCUT2D eigenvalue weighted by atomic mass is 35.5. The van der Waals surface area contributed by atoms with Gasteiger partial charge in [0.05, 0.1) is 13.3 Å². The standard InChI is InChI=1S/C21H20ClN2O2/c1-26-19-11-5-16(6-12-19)14-24-20-4-2-3-13-23(20)15-21(24,25)17-7-9-18(22)10-8-17/h2-13,25H,14-15H2,1H3/q+1. The lowest BCUT2D eigenvalue weighted by molar-refractivity contribution is -0.683. The van der Waals surface area contributed by atoms with E-state index in [-0.39, 0.29) is 0 Å². The van der Waals surface area contributed by atoms with Gasteiger partial charge in [-0.3, -0.25) is 0 Å². The van der Waals surface area contributed by atoms with Crippen LogP contribution >= 0.6 is 11.6 Å². The van der Waals surface area contributed by atoms with Crippen molar-refractivity contribution in [3.63, 3.8) is 0 Å². The van der Waals surface area contributed by atoms with Gasteiger partial charge < -0.3 is 9.84 Å². The molecule has 2 heterocycles. The minimum absolute atomic E-state index is 0.459. The monoisotopic (exact) mass is 367 g/mol. The third-order valence-corrected chi connectivity index (χ3v) is 5.09. The van der Waals surface area contributed by atoms with Crippen molar-refractivity contribution in [2.45, 2.75) is 18.8 Å². The van der Waals surface area contributed by atoms with Gasteiger partial charge in [0.2, 0.25) is 0 Å². The van der Waals surface area contributed by atoms with Crippen molar-refractivity contribution in [2.24, 2.45) is 0 Å². The van der Waals surface area contributed by atoms with E-state index in [0.717, 1.165) is 22.7 Å². The molecule has 0 bridgehead atoms. The summed E-state index contributed by atoms with van der Waals surface area (Å²) in [4.78, 5) is 2.03. The summed E-state index contributed by atoms with van der Waals surface area (Å²) in [6, 6.07) is 21.3. The molecule has 0 amide bonds. The number of hydrogen-bond donors (Lipinski definition) is 1. The van der Waals surface area contributed by atoms with Crippen LogP contribution in [0, 0.1) is 0 Å². The van der Waals surface area contributed by atoms with Crippen LogP contribution in [0.5, 0.6) is 5.75 Å². The van der Waals surface area contributed by atoms with Gasteiger partial charge in [-0.05, 0) is 35.9 Å². The number of anilines is 1. The lowest BCUT2D eigenvalue weighted by atomic mass is 10.0. The molecule has 1 aliphatic rings. The van der Waals surface area contributed by atoms with E-state index in [1.807, 2.05) is 77.8 Å². The van der Waals surface area contributed by atoms with Crippen molar-refractivity contribution in [2.75, 3.05) is 12.0 Å². The average Bonchev–Trinajstić information content (AvgIpc) is 2.96. The highest BCUT2D eigenvalue weighted by molar-refractivity contribution is 6.30. The van der Waals surface area contributed by atoms with Gasteiger partial charge in [-0.25, -0.2) is 9.47 Å². The van der Waals surface area contributed by atoms with Crippen LogP contribution in [0.3, 0.4) is 0 Å². The molecule has 1 unspecified atom stereocenters. The first-order chi connectivity index (χ1) is 12.6. The van der Waals surface area contributed by atoms with E-state index in [0.29, 0.717) is 18.1 Å². The van der Waals surface area contributed by atoms with Crippen molar-refractivity contribution in [3.05, 3.63) is 89.1 Å². The van der Waals surface area contributed by atoms with E-state index >= 15 is 0 Å². The molecule has 0 spiro atoms. The van der Waals surface area contributed by atoms with Crippen molar-refractivity contribution in [1.82, 2.24) is 0 Å². The van der Waals surface area contributed by atoms with Crippen LogP contribution in [0.15, 0.2) is 72.9 Å². The van der Waals surface area contributed by atoms with Gasteiger partial charge in [-0.15, -0.1) is 0 Å². The lowest BCUT2D eigenvalue weighted by Gasteiger charge is -2.27. The average molecular weight is 368 g/mol. The summed E-state index contributed by atoms with van der Waals surface area (Å²) < 4.78 is 7.30. The predicted molar refractivity (Wildman–Crippen MR) is 101 cm³/mol. The van der Waals surface area contributed by atoms with Gasteiger partial charge in [0.1, 0.15) is 12.3 Å². The minimum Gasteiger partial charge on any atom is -0.497 e. The SMILES string of the molecule is COc1ccc(CN2c3cccc[n+]3CC2(O)c2ccc(Cl)cc2)cc1. The number of hydrogen-bond acceptors (Lipinski definition) is 3. The first-order valence-electron chi connectivity index (χ1n) is 8.47. The first-order valence-corrected chi connectivity index (χ1v) is 8.85. The van der Waals surface area contributed by atoms with Crippen LogP contribution in [-0.2, 0) is 18.8 Å². The molecule has 3 aromatic rings. The van der Waals surface area contributed by atoms with E-state index in [9.17, 15) is 5.11 Å². The Labute approximate surface area is 157 Å². The highest BCUT2D eigenvalue weighted by Crippen LogP contribution is 2.36. The summed E-state index contributed by atoms with van der Waals surface area (Å²) in [6.45, 7) is 1.04. The quantitative estimate of drug-likeness (QED) is 0.717. The van der Waals surface area contributed by atoms with E-state index in [1.165, 1.54) is 0 Å². The summed E-state index contributed by atoms with van der Waals surface area (Å²) in [6.07, 6.45) is 1.99.